The molecule has 0 aromatic rings. The lowest BCUT2D eigenvalue weighted by molar-refractivity contribution is -0.228. The molecular weight excluding hydrogens is 216 g/mol. The summed E-state index contributed by atoms with van der Waals surface area (Å²) in [5, 5.41) is 37.3. The Labute approximate surface area is 93.5 Å². The van der Waals surface area contributed by atoms with Crippen molar-refractivity contribution in [3.63, 3.8) is 0 Å². The number of ether oxygens (including phenoxy) is 1. The quantitative estimate of drug-likeness (QED) is 0.503. The molecule has 1 aliphatic heterocycles. The monoisotopic (exact) mass is 234 g/mol. The lowest BCUT2D eigenvalue weighted by Crippen LogP contribution is -2.59. The van der Waals surface area contributed by atoms with E-state index < -0.39 is 36.5 Å². The number of hydrogen-bond acceptors (Lipinski definition) is 5. The van der Waals surface area contributed by atoms with Crippen LogP contribution in [0.2, 0.25) is 0 Å². The highest BCUT2D eigenvalue weighted by Crippen LogP contribution is 2.24. The molecule has 1 aliphatic rings. The Bertz CT molecular complexity index is 243. The highest BCUT2D eigenvalue weighted by molar-refractivity contribution is 5.73. The molecule has 1 unspecified atom stereocenters. The summed E-state index contributed by atoms with van der Waals surface area (Å²) in [5.74, 6) is -1.33. The van der Waals surface area contributed by atoms with Crippen molar-refractivity contribution in [3.8, 4) is 0 Å². The zero-order valence-electron chi connectivity index (χ0n) is 9.11. The van der Waals surface area contributed by atoms with Gasteiger partial charge in [-0.25, -0.2) is 4.79 Å². The van der Waals surface area contributed by atoms with Crippen LogP contribution in [0, 0.1) is 0 Å². The Morgan fingerprint density at radius 2 is 1.81 bits per heavy atom. The molecule has 0 aromatic carbocycles. The lowest BCUT2D eigenvalue weighted by Gasteiger charge is -2.38. The second-order valence-electron chi connectivity index (χ2n) is 4.05. The Balaban J connectivity index is 2.69. The molecule has 0 spiro atoms. The second-order valence-corrected chi connectivity index (χ2v) is 4.05. The fourth-order valence-corrected chi connectivity index (χ4v) is 1.80. The Kier molecular flexibility index (Phi) is 4.67. The van der Waals surface area contributed by atoms with Gasteiger partial charge < -0.3 is 25.2 Å². The van der Waals surface area contributed by atoms with Crippen LogP contribution < -0.4 is 0 Å². The number of aliphatic hydroxyl groups excluding tert-OH is 3. The fraction of sp³-hybridized carbons (Fsp3) is 0.900. The van der Waals surface area contributed by atoms with E-state index in [0.29, 0.717) is 6.42 Å². The molecule has 0 saturated carbocycles. The highest BCUT2D eigenvalue weighted by Gasteiger charge is 2.46. The van der Waals surface area contributed by atoms with Crippen LogP contribution in [0.15, 0.2) is 0 Å². The first-order chi connectivity index (χ1) is 7.49. The highest BCUT2D eigenvalue weighted by atomic mass is 16.6. The van der Waals surface area contributed by atoms with Gasteiger partial charge in [0.2, 0.25) is 0 Å². The fourth-order valence-electron chi connectivity index (χ4n) is 1.80. The third-order valence-corrected chi connectivity index (χ3v) is 2.80. The molecule has 1 fully saturated rings. The van der Waals surface area contributed by atoms with Crippen LogP contribution in [-0.2, 0) is 9.53 Å². The summed E-state index contributed by atoms with van der Waals surface area (Å²) in [4.78, 5) is 10.8. The van der Waals surface area contributed by atoms with Gasteiger partial charge in [0, 0.05) is 0 Å². The van der Waals surface area contributed by atoms with Gasteiger partial charge in [0.15, 0.2) is 6.10 Å². The Morgan fingerprint density at radius 1 is 1.19 bits per heavy atom. The summed E-state index contributed by atoms with van der Waals surface area (Å²) in [6.07, 6.45) is -4.41. The number of unbranched alkanes of at least 4 members (excludes halogenated alkanes) is 1. The molecule has 0 amide bonds. The average molecular weight is 234 g/mol. The number of aliphatic carboxylic acids is 1. The van der Waals surface area contributed by atoms with Gasteiger partial charge in [-0.3, -0.25) is 0 Å². The minimum absolute atomic E-state index is 0.464. The molecule has 94 valence electrons. The normalized spacial score (nSPS) is 39.6. The van der Waals surface area contributed by atoms with Gasteiger partial charge in [0.1, 0.15) is 18.3 Å². The summed E-state index contributed by atoms with van der Waals surface area (Å²) >= 11 is 0. The van der Waals surface area contributed by atoms with Crippen molar-refractivity contribution in [2.24, 2.45) is 0 Å². The largest absolute Gasteiger partial charge is 0.479 e. The van der Waals surface area contributed by atoms with Crippen molar-refractivity contribution >= 4 is 5.97 Å². The summed E-state index contributed by atoms with van der Waals surface area (Å²) < 4.78 is 5.09. The van der Waals surface area contributed by atoms with Crippen molar-refractivity contribution in [1.82, 2.24) is 0 Å². The lowest BCUT2D eigenvalue weighted by atomic mass is 9.92. The van der Waals surface area contributed by atoms with E-state index in [0.717, 1.165) is 12.8 Å². The van der Waals surface area contributed by atoms with Gasteiger partial charge in [-0.1, -0.05) is 19.8 Å². The van der Waals surface area contributed by atoms with E-state index in [-0.39, 0.29) is 0 Å². The number of aliphatic hydroxyl groups is 3. The van der Waals surface area contributed by atoms with E-state index in [9.17, 15) is 20.1 Å². The molecule has 0 aromatic heterocycles. The van der Waals surface area contributed by atoms with Gasteiger partial charge in [-0.2, -0.15) is 0 Å². The predicted octanol–water partition coefficient (Wildman–Crippen LogP) is -0.889. The first-order valence-electron chi connectivity index (χ1n) is 5.41. The van der Waals surface area contributed by atoms with E-state index in [1.54, 1.807) is 0 Å². The van der Waals surface area contributed by atoms with E-state index in [4.69, 9.17) is 9.84 Å². The van der Waals surface area contributed by atoms with Crippen LogP contribution in [-0.4, -0.2) is 56.9 Å². The predicted molar refractivity (Wildman–Crippen MR) is 53.8 cm³/mol. The third kappa shape index (κ3) is 2.70. The van der Waals surface area contributed by atoms with Crippen molar-refractivity contribution in [3.05, 3.63) is 0 Å². The summed E-state index contributed by atoms with van der Waals surface area (Å²) in [5.41, 5.74) is 0. The second kappa shape index (κ2) is 5.58. The van der Waals surface area contributed by atoms with Crippen LogP contribution in [0.25, 0.3) is 0 Å². The third-order valence-electron chi connectivity index (χ3n) is 2.80. The minimum atomic E-state index is -1.59. The summed E-state index contributed by atoms with van der Waals surface area (Å²) in [6, 6.07) is 0. The SMILES string of the molecule is CCCCC1O[C@H](C(=O)O)[C@@H](O)[C@H](O)[C@H]1O. The van der Waals surface area contributed by atoms with Crippen molar-refractivity contribution < 1.29 is 30.0 Å². The molecule has 0 aliphatic carbocycles. The Hall–Kier alpha value is -0.690. The number of carbonyl (C=O) groups is 1. The molecule has 5 atom stereocenters. The number of rotatable bonds is 4. The smallest absolute Gasteiger partial charge is 0.335 e. The molecule has 6 nitrogen and oxygen atoms in total. The molecule has 6 heteroatoms. The van der Waals surface area contributed by atoms with Gasteiger partial charge >= 0.3 is 5.97 Å². The van der Waals surface area contributed by atoms with E-state index >= 15 is 0 Å². The van der Waals surface area contributed by atoms with Crippen molar-refractivity contribution in [2.75, 3.05) is 0 Å². The van der Waals surface area contributed by atoms with Gasteiger partial charge in [0.25, 0.3) is 0 Å². The molecule has 0 radical (unpaired) electrons. The molecule has 1 heterocycles. The zero-order chi connectivity index (χ0) is 12.3. The zero-order valence-corrected chi connectivity index (χ0v) is 9.11. The van der Waals surface area contributed by atoms with Crippen LogP contribution >= 0.6 is 0 Å². The maximum absolute atomic E-state index is 10.8. The number of carboxylic acids is 1. The van der Waals surface area contributed by atoms with Crippen LogP contribution in [0.5, 0.6) is 0 Å². The summed E-state index contributed by atoms with van der Waals surface area (Å²) in [7, 11) is 0. The summed E-state index contributed by atoms with van der Waals surface area (Å²) in [6.45, 7) is 1.95. The first-order valence-corrected chi connectivity index (χ1v) is 5.41. The van der Waals surface area contributed by atoms with E-state index in [1.165, 1.54) is 0 Å². The topological polar surface area (TPSA) is 107 Å². The van der Waals surface area contributed by atoms with Crippen LogP contribution in [0.1, 0.15) is 26.2 Å². The first kappa shape index (κ1) is 13.4. The Morgan fingerprint density at radius 3 is 2.31 bits per heavy atom. The number of carboxylic acid groups (broad SMARTS) is 1. The molecule has 16 heavy (non-hydrogen) atoms. The van der Waals surface area contributed by atoms with Gasteiger partial charge in [-0.05, 0) is 6.42 Å². The number of hydrogen-bond donors (Lipinski definition) is 4. The maximum Gasteiger partial charge on any atom is 0.335 e. The van der Waals surface area contributed by atoms with Crippen LogP contribution in [0.3, 0.4) is 0 Å². The van der Waals surface area contributed by atoms with Gasteiger partial charge in [0.05, 0.1) is 6.10 Å². The van der Waals surface area contributed by atoms with Crippen LogP contribution in [0.4, 0.5) is 0 Å². The molecular formula is C10H18O6. The van der Waals surface area contributed by atoms with Gasteiger partial charge in [-0.15, -0.1) is 0 Å². The maximum atomic E-state index is 10.8. The van der Waals surface area contributed by atoms with E-state index in [2.05, 4.69) is 0 Å². The van der Waals surface area contributed by atoms with Crippen molar-refractivity contribution in [2.45, 2.75) is 56.7 Å². The standard InChI is InChI=1S/C10H18O6/c1-2-3-4-5-6(11)7(12)8(13)9(16-5)10(14)15/h5-9,11-13H,2-4H2,1H3,(H,14,15)/t5?,6-,7+,8-,9-/m0/s1. The molecule has 1 saturated heterocycles. The van der Waals surface area contributed by atoms with Crippen molar-refractivity contribution in [1.29, 1.82) is 0 Å². The molecule has 4 N–H and O–H groups in total. The molecule has 0 bridgehead atoms. The molecule has 1 rings (SSSR count). The minimum Gasteiger partial charge on any atom is -0.479 e. The van der Waals surface area contributed by atoms with E-state index in [1.807, 2.05) is 6.92 Å². The average Bonchev–Trinajstić information content (AvgIpc) is 2.24.